The van der Waals surface area contributed by atoms with E-state index < -0.39 is 0 Å². The summed E-state index contributed by atoms with van der Waals surface area (Å²) in [6.07, 6.45) is 0. The van der Waals surface area contributed by atoms with Gasteiger partial charge in [-0.15, -0.1) is 0 Å². The summed E-state index contributed by atoms with van der Waals surface area (Å²) < 4.78 is 6.24. The second-order valence-corrected chi connectivity index (χ2v) is 3.32. The first-order valence-electron chi connectivity index (χ1n) is 5.03. The van der Waals surface area contributed by atoms with E-state index >= 15 is 0 Å². The normalized spacial score (nSPS) is 10.1. The Hall–Kier alpha value is -1.80. The van der Waals surface area contributed by atoms with Gasteiger partial charge in [0.15, 0.2) is 0 Å². The molecule has 1 N–H and O–H groups in total. The Labute approximate surface area is 93.5 Å². The van der Waals surface area contributed by atoms with Crippen LogP contribution in [0.4, 0.5) is 0 Å². The zero-order chi connectivity index (χ0) is 12.1. The minimum absolute atomic E-state index is 0.135. The Kier molecular flexibility index (Phi) is 4.09. The van der Waals surface area contributed by atoms with Gasteiger partial charge in [0.2, 0.25) is 5.88 Å². The lowest BCUT2D eigenvalue weighted by atomic mass is 10.1. The highest BCUT2D eigenvalue weighted by molar-refractivity contribution is 5.43. The molecule has 0 aliphatic carbocycles. The van der Waals surface area contributed by atoms with Gasteiger partial charge < -0.3 is 9.84 Å². The first-order chi connectivity index (χ1) is 7.61. The van der Waals surface area contributed by atoms with Gasteiger partial charge in [0, 0.05) is 12.7 Å². The third-order valence-electron chi connectivity index (χ3n) is 2.25. The summed E-state index contributed by atoms with van der Waals surface area (Å²) in [6.45, 7) is 4.59. The van der Waals surface area contributed by atoms with Crippen LogP contribution in [0.2, 0.25) is 0 Å². The van der Waals surface area contributed by atoms with Gasteiger partial charge in [-0.3, -0.25) is 9.36 Å². The van der Waals surface area contributed by atoms with Crippen LogP contribution in [0.15, 0.2) is 10.9 Å². The number of pyridine rings is 1. The fourth-order valence-electron chi connectivity index (χ4n) is 1.41. The van der Waals surface area contributed by atoms with Crippen LogP contribution < -0.4 is 5.56 Å². The van der Waals surface area contributed by atoms with Crippen LogP contribution in [0.1, 0.15) is 18.1 Å². The zero-order valence-corrected chi connectivity index (χ0v) is 9.36. The molecule has 1 rings (SSSR count). The van der Waals surface area contributed by atoms with E-state index in [9.17, 15) is 9.90 Å². The number of nitriles is 1. The first-order valence-corrected chi connectivity index (χ1v) is 5.03. The maximum atomic E-state index is 11.6. The number of hydrogen-bond donors (Lipinski definition) is 1. The Morgan fingerprint density at radius 3 is 2.88 bits per heavy atom. The minimum Gasteiger partial charge on any atom is -0.493 e. The molecule has 1 aromatic rings. The van der Waals surface area contributed by atoms with Crippen LogP contribution in [-0.2, 0) is 11.3 Å². The average molecular weight is 222 g/mol. The Morgan fingerprint density at radius 1 is 1.62 bits per heavy atom. The van der Waals surface area contributed by atoms with Crippen molar-refractivity contribution in [2.24, 2.45) is 0 Å². The second kappa shape index (κ2) is 5.33. The van der Waals surface area contributed by atoms with Crippen LogP contribution in [0.25, 0.3) is 0 Å². The highest BCUT2D eigenvalue weighted by atomic mass is 16.5. The molecule has 0 atom stereocenters. The lowest BCUT2D eigenvalue weighted by molar-refractivity contribution is 0.136. The molecule has 5 heteroatoms. The third kappa shape index (κ3) is 2.41. The van der Waals surface area contributed by atoms with Gasteiger partial charge in [-0.05, 0) is 19.4 Å². The average Bonchev–Trinajstić information content (AvgIpc) is 2.23. The predicted molar refractivity (Wildman–Crippen MR) is 58.3 cm³/mol. The van der Waals surface area contributed by atoms with Crippen molar-refractivity contribution in [1.29, 1.82) is 5.26 Å². The topological polar surface area (TPSA) is 75.2 Å². The summed E-state index contributed by atoms with van der Waals surface area (Å²) in [7, 11) is 0. The van der Waals surface area contributed by atoms with Crippen LogP contribution in [0.5, 0.6) is 5.88 Å². The first kappa shape index (κ1) is 12.3. The van der Waals surface area contributed by atoms with Gasteiger partial charge in [-0.25, -0.2) is 0 Å². The molecular weight excluding hydrogens is 208 g/mol. The van der Waals surface area contributed by atoms with E-state index in [0.717, 1.165) is 4.57 Å². The van der Waals surface area contributed by atoms with E-state index in [4.69, 9.17) is 10.00 Å². The van der Waals surface area contributed by atoms with E-state index in [-0.39, 0.29) is 23.5 Å². The lowest BCUT2D eigenvalue weighted by Gasteiger charge is -2.10. The molecule has 86 valence electrons. The fraction of sp³-hybridized carbons (Fsp3) is 0.455. The van der Waals surface area contributed by atoms with Crippen LogP contribution >= 0.6 is 0 Å². The van der Waals surface area contributed by atoms with Gasteiger partial charge in [0.1, 0.15) is 11.6 Å². The van der Waals surface area contributed by atoms with Crippen molar-refractivity contribution in [2.45, 2.75) is 20.4 Å². The minimum atomic E-state index is -0.325. The zero-order valence-electron chi connectivity index (χ0n) is 9.36. The number of rotatable bonds is 4. The number of nitrogens with zero attached hydrogens (tertiary/aromatic N) is 2. The molecule has 1 heterocycles. The third-order valence-corrected chi connectivity index (χ3v) is 2.25. The Bertz CT molecular complexity index is 471. The van der Waals surface area contributed by atoms with E-state index in [1.54, 1.807) is 6.92 Å². The van der Waals surface area contributed by atoms with Crippen LogP contribution in [0, 0.1) is 18.3 Å². The van der Waals surface area contributed by atoms with Crippen LogP contribution in [0.3, 0.4) is 0 Å². The van der Waals surface area contributed by atoms with Crippen LogP contribution in [-0.4, -0.2) is 22.9 Å². The van der Waals surface area contributed by atoms with Crippen molar-refractivity contribution in [1.82, 2.24) is 4.57 Å². The molecule has 1 aromatic heterocycles. The molecule has 0 radical (unpaired) electrons. The van der Waals surface area contributed by atoms with Gasteiger partial charge in [-0.1, -0.05) is 0 Å². The summed E-state index contributed by atoms with van der Waals surface area (Å²) in [5, 5.41) is 18.6. The molecule has 0 spiro atoms. The summed E-state index contributed by atoms with van der Waals surface area (Å²) in [5.41, 5.74) is 0.294. The van der Waals surface area contributed by atoms with Crippen molar-refractivity contribution in [3.63, 3.8) is 0 Å². The molecule has 0 bridgehead atoms. The Balaban J connectivity index is 3.10. The molecular formula is C11H14N2O3. The van der Waals surface area contributed by atoms with Gasteiger partial charge in [0.05, 0.1) is 13.2 Å². The van der Waals surface area contributed by atoms with Crippen molar-refractivity contribution in [3.05, 3.63) is 27.5 Å². The van der Waals surface area contributed by atoms with E-state index in [1.807, 2.05) is 13.0 Å². The number of aryl methyl sites for hydroxylation is 1. The molecule has 0 saturated heterocycles. The Morgan fingerprint density at radius 2 is 2.31 bits per heavy atom. The maximum absolute atomic E-state index is 11.6. The van der Waals surface area contributed by atoms with Gasteiger partial charge in [0.25, 0.3) is 5.56 Å². The predicted octanol–water partition coefficient (Wildman–Crippen LogP) is 0.770. The standard InChI is InChI=1S/C11H14N2O3/c1-3-16-5-4-13-10(14)6-8(2)9(7-12)11(13)15/h6,15H,3-5H2,1-2H3. The highest BCUT2D eigenvalue weighted by Crippen LogP contribution is 2.16. The van der Waals surface area contributed by atoms with Crippen molar-refractivity contribution in [2.75, 3.05) is 13.2 Å². The molecule has 0 aliphatic heterocycles. The van der Waals surface area contributed by atoms with Crippen molar-refractivity contribution in [3.8, 4) is 11.9 Å². The molecule has 0 amide bonds. The van der Waals surface area contributed by atoms with Gasteiger partial charge >= 0.3 is 0 Å². The number of hydrogen-bond acceptors (Lipinski definition) is 4. The quantitative estimate of drug-likeness (QED) is 0.763. The smallest absolute Gasteiger partial charge is 0.253 e. The summed E-state index contributed by atoms with van der Waals surface area (Å²) in [6, 6.07) is 3.21. The van der Waals surface area contributed by atoms with Gasteiger partial charge in [-0.2, -0.15) is 5.26 Å². The highest BCUT2D eigenvalue weighted by Gasteiger charge is 2.11. The molecule has 16 heavy (non-hydrogen) atoms. The molecule has 0 aliphatic rings. The number of aromatic nitrogens is 1. The molecule has 0 unspecified atom stereocenters. The summed E-state index contributed by atoms with van der Waals surface area (Å²) in [5.74, 6) is -0.285. The van der Waals surface area contributed by atoms with E-state index in [1.165, 1.54) is 6.07 Å². The van der Waals surface area contributed by atoms with E-state index in [0.29, 0.717) is 18.8 Å². The van der Waals surface area contributed by atoms with Crippen molar-refractivity contribution < 1.29 is 9.84 Å². The molecule has 5 nitrogen and oxygen atoms in total. The number of aromatic hydroxyl groups is 1. The number of ether oxygens (including phenoxy) is 1. The maximum Gasteiger partial charge on any atom is 0.253 e. The SMILES string of the molecule is CCOCCn1c(O)c(C#N)c(C)cc1=O. The fourth-order valence-corrected chi connectivity index (χ4v) is 1.41. The monoisotopic (exact) mass is 222 g/mol. The molecule has 0 fully saturated rings. The van der Waals surface area contributed by atoms with Crippen molar-refractivity contribution >= 4 is 0 Å². The summed E-state index contributed by atoms with van der Waals surface area (Å²) >= 11 is 0. The van der Waals surface area contributed by atoms with E-state index in [2.05, 4.69) is 0 Å². The second-order valence-electron chi connectivity index (χ2n) is 3.32. The largest absolute Gasteiger partial charge is 0.493 e. The lowest BCUT2D eigenvalue weighted by Crippen LogP contribution is -2.23. The summed E-state index contributed by atoms with van der Waals surface area (Å²) in [4.78, 5) is 11.6. The molecule has 0 saturated carbocycles. The molecule has 0 aromatic carbocycles.